The van der Waals surface area contributed by atoms with Gasteiger partial charge < -0.3 is 39.8 Å². The quantitative estimate of drug-likeness (QED) is 0.131. The van der Waals surface area contributed by atoms with Crippen molar-refractivity contribution in [2.24, 2.45) is 0 Å². The van der Waals surface area contributed by atoms with E-state index in [2.05, 4.69) is 5.32 Å². The zero-order chi connectivity index (χ0) is 23.5. The molecule has 0 bridgehead atoms. The first kappa shape index (κ1) is 28.4. The second-order valence-corrected chi connectivity index (χ2v) is 11.3. The molecule has 0 fully saturated rings. The van der Waals surface area contributed by atoms with Crippen LogP contribution in [0.2, 0.25) is 0 Å². The molecule has 12 heteroatoms. The Hall–Kier alpha value is -0.640. The number of nitrogens with one attached hydrogen (secondary N) is 1. The van der Waals surface area contributed by atoms with E-state index in [1.165, 1.54) is 0 Å². The summed E-state index contributed by atoms with van der Waals surface area (Å²) in [6.07, 6.45) is 1.34. The first-order chi connectivity index (χ1) is 14.4. The molecule has 0 saturated heterocycles. The zero-order valence-electron chi connectivity index (χ0n) is 17.8. The monoisotopic (exact) mass is 483 g/mol. The maximum atomic E-state index is 11.2. The summed E-state index contributed by atoms with van der Waals surface area (Å²) in [6, 6.07) is 5.15. The third-order valence-corrected chi connectivity index (χ3v) is 6.40. The standard InChI is InChI=1S/C19H35NO9P2/c1-2-3-6-29-15-19(13-21,14-22)20-12-18-10-16(4-7-30(23,24)25)9-17(11-18)5-8-31(26,27)28/h9-11,20-22H,2-8,12-15H2,1H3,(H2,23,24,25)(H2,26,27,28). The Morgan fingerprint density at radius 3 is 1.81 bits per heavy atom. The van der Waals surface area contributed by atoms with E-state index >= 15 is 0 Å². The van der Waals surface area contributed by atoms with E-state index in [4.69, 9.17) is 24.3 Å². The molecule has 0 atom stereocenters. The SMILES string of the molecule is CCCCOCC(CO)(CO)NCc1cc(CCP(=O)(O)O)cc(CCP(=O)(O)O)c1. The predicted molar refractivity (Wildman–Crippen MR) is 117 cm³/mol. The number of aryl methyl sites for hydroxylation is 2. The molecule has 0 aliphatic heterocycles. The van der Waals surface area contributed by atoms with Crippen LogP contribution in [0.5, 0.6) is 0 Å². The van der Waals surface area contributed by atoms with Crippen LogP contribution in [0.25, 0.3) is 0 Å². The van der Waals surface area contributed by atoms with Crippen LogP contribution in [0.3, 0.4) is 0 Å². The fourth-order valence-corrected chi connectivity index (χ4v) is 3.99. The maximum absolute atomic E-state index is 11.2. The lowest BCUT2D eigenvalue weighted by molar-refractivity contribution is 0.00281. The molecule has 0 aromatic heterocycles. The van der Waals surface area contributed by atoms with Crippen molar-refractivity contribution in [1.29, 1.82) is 0 Å². The van der Waals surface area contributed by atoms with Crippen LogP contribution in [0.4, 0.5) is 0 Å². The van der Waals surface area contributed by atoms with Gasteiger partial charge in [0.2, 0.25) is 0 Å². The molecule has 1 rings (SSSR count). The average Bonchev–Trinajstić information content (AvgIpc) is 2.70. The van der Waals surface area contributed by atoms with Gasteiger partial charge in [0.15, 0.2) is 0 Å². The highest BCUT2D eigenvalue weighted by Gasteiger charge is 2.28. The summed E-state index contributed by atoms with van der Waals surface area (Å²) in [5, 5.41) is 22.7. The topological polar surface area (TPSA) is 177 Å². The van der Waals surface area contributed by atoms with E-state index in [1.54, 1.807) is 18.2 Å². The first-order valence-electron chi connectivity index (χ1n) is 10.2. The second-order valence-electron chi connectivity index (χ2n) is 7.79. The van der Waals surface area contributed by atoms with E-state index < -0.39 is 20.7 Å². The summed E-state index contributed by atoms with van der Waals surface area (Å²) in [5.74, 6) is 0. The molecule has 7 N–H and O–H groups in total. The lowest BCUT2D eigenvalue weighted by atomic mass is 9.99. The molecule has 0 aliphatic rings. The van der Waals surface area contributed by atoms with Crippen molar-refractivity contribution in [1.82, 2.24) is 5.32 Å². The fourth-order valence-electron chi connectivity index (χ4n) is 2.89. The summed E-state index contributed by atoms with van der Waals surface area (Å²) in [4.78, 5) is 36.6. The van der Waals surface area contributed by atoms with Crippen molar-refractivity contribution in [3.63, 3.8) is 0 Å². The molecule has 0 radical (unpaired) electrons. The second kappa shape index (κ2) is 13.2. The Kier molecular flexibility index (Phi) is 12.1. The molecule has 0 saturated carbocycles. The number of hydrogen-bond donors (Lipinski definition) is 7. The zero-order valence-corrected chi connectivity index (χ0v) is 19.6. The summed E-state index contributed by atoms with van der Waals surface area (Å²) in [7, 11) is -8.39. The molecule has 10 nitrogen and oxygen atoms in total. The van der Waals surface area contributed by atoms with Gasteiger partial charge in [-0.05, 0) is 36.0 Å². The largest absolute Gasteiger partial charge is 0.394 e. The van der Waals surface area contributed by atoms with Gasteiger partial charge in [0.1, 0.15) is 0 Å². The van der Waals surface area contributed by atoms with Gasteiger partial charge in [0, 0.05) is 13.2 Å². The van der Waals surface area contributed by atoms with Crippen LogP contribution >= 0.6 is 15.2 Å². The van der Waals surface area contributed by atoms with Gasteiger partial charge in [-0.25, -0.2) is 0 Å². The highest BCUT2D eigenvalue weighted by atomic mass is 31.2. The Morgan fingerprint density at radius 2 is 1.39 bits per heavy atom. The Bertz CT molecular complexity index is 714. The number of aliphatic hydroxyl groups excluding tert-OH is 2. The molecule has 1 aromatic rings. The maximum Gasteiger partial charge on any atom is 0.325 e. The number of unbranched alkanes of at least 4 members (excludes halogenated alkanes) is 1. The van der Waals surface area contributed by atoms with Gasteiger partial charge >= 0.3 is 15.2 Å². The molecule has 1 aromatic carbocycles. The minimum atomic E-state index is -4.20. The molecule has 0 heterocycles. The number of hydrogen-bond acceptors (Lipinski definition) is 6. The fraction of sp³-hybridized carbons (Fsp3) is 0.684. The number of benzene rings is 1. The smallest absolute Gasteiger partial charge is 0.325 e. The van der Waals surface area contributed by atoms with Crippen molar-refractivity contribution < 1.29 is 43.7 Å². The van der Waals surface area contributed by atoms with Crippen LogP contribution in [-0.2, 0) is 33.3 Å². The molecule has 31 heavy (non-hydrogen) atoms. The molecular weight excluding hydrogens is 448 g/mol. The van der Waals surface area contributed by atoms with E-state index in [9.17, 15) is 19.3 Å². The number of aliphatic hydroxyl groups is 2. The minimum absolute atomic E-state index is 0.100. The highest BCUT2D eigenvalue weighted by Crippen LogP contribution is 2.36. The van der Waals surface area contributed by atoms with Crippen LogP contribution in [-0.4, -0.2) is 74.1 Å². The highest BCUT2D eigenvalue weighted by molar-refractivity contribution is 7.52. The van der Waals surface area contributed by atoms with Gasteiger partial charge in [-0.3, -0.25) is 9.13 Å². The lowest BCUT2D eigenvalue weighted by Gasteiger charge is -2.31. The first-order valence-corrected chi connectivity index (χ1v) is 13.8. The van der Waals surface area contributed by atoms with Crippen LogP contribution in [0.15, 0.2) is 18.2 Å². The van der Waals surface area contributed by atoms with E-state index in [1.807, 2.05) is 6.92 Å². The molecule has 180 valence electrons. The number of rotatable bonds is 16. The van der Waals surface area contributed by atoms with Gasteiger partial charge in [-0.1, -0.05) is 31.5 Å². The van der Waals surface area contributed by atoms with Crippen molar-refractivity contribution in [2.45, 2.75) is 44.7 Å². The third-order valence-electron chi connectivity index (χ3n) is 4.79. The Balaban J connectivity index is 2.97. The van der Waals surface area contributed by atoms with Crippen LogP contribution < -0.4 is 5.32 Å². The predicted octanol–water partition coefficient (Wildman–Crippen LogP) is 0.757. The molecule has 0 spiro atoms. The molecule has 0 unspecified atom stereocenters. The van der Waals surface area contributed by atoms with Gasteiger partial charge in [-0.2, -0.15) is 0 Å². The van der Waals surface area contributed by atoms with Crippen LogP contribution in [0, 0.1) is 0 Å². The van der Waals surface area contributed by atoms with Crippen molar-refractivity contribution in [2.75, 3.05) is 38.8 Å². The van der Waals surface area contributed by atoms with Crippen molar-refractivity contribution in [3.05, 3.63) is 34.9 Å². The van der Waals surface area contributed by atoms with Crippen molar-refractivity contribution in [3.8, 4) is 0 Å². The minimum Gasteiger partial charge on any atom is -0.394 e. The van der Waals surface area contributed by atoms with Crippen molar-refractivity contribution >= 4 is 15.2 Å². The Labute approximate surface area is 183 Å². The van der Waals surface area contributed by atoms with E-state index in [0.717, 1.165) is 12.8 Å². The van der Waals surface area contributed by atoms with Crippen LogP contribution in [0.1, 0.15) is 36.5 Å². The summed E-state index contributed by atoms with van der Waals surface area (Å²) < 4.78 is 28.0. The summed E-state index contributed by atoms with van der Waals surface area (Å²) in [5.41, 5.74) is 0.882. The molecular formula is C19H35NO9P2. The van der Waals surface area contributed by atoms with Gasteiger partial charge in [0.05, 0.1) is 37.7 Å². The lowest BCUT2D eigenvalue weighted by Crippen LogP contribution is -2.55. The summed E-state index contributed by atoms with van der Waals surface area (Å²) in [6.45, 7) is 2.12. The van der Waals surface area contributed by atoms with E-state index in [0.29, 0.717) is 23.3 Å². The summed E-state index contributed by atoms with van der Waals surface area (Å²) >= 11 is 0. The number of ether oxygens (including phenoxy) is 1. The Morgan fingerprint density at radius 1 is 0.903 bits per heavy atom. The van der Waals surface area contributed by atoms with Gasteiger partial charge in [-0.15, -0.1) is 0 Å². The molecule has 0 amide bonds. The average molecular weight is 483 g/mol. The molecule has 0 aliphatic carbocycles. The van der Waals surface area contributed by atoms with E-state index in [-0.39, 0.29) is 51.5 Å². The third kappa shape index (κ3) is 12.2. The normalized spacial score (nSPS) is 13.0. The van der Waals surface area contributed by atoms with Gasteiger partial charge in [0.25, 0.3) is 0 Å².